The molecule has 0 aromatic heterocycles. The molecule has 0 aliphatic heterocycles. The molecule has 0 N–H and O–H groups in total. The highest BCUT2D eigenvalue weighted by molar-refractivity contribution is 5.62. The number of benzene rings is 2. The van der Waals surface area contributed by atoms with Gasteiger partial charge in [0.25, 0.3) is 0 Å². The van der Waals surface area contributed by atoms with E-state index in [1.54, 1.807) is 0 Å². The summed E-state index contributed by atoms with van der Waals surface area (Å²) in [5.41, 5.74) is 7.61. The van der Waals surface area contributed by atoms with E-state index in [1.165, 1.54) is 27.9 Å². The first-order valence-corrected chi connectivity index (χ1v) is 8.51. The highest BCUT2D eigenvalue weighted by Crippen LogP contribution is 2.25. The van der Waals surface area contributed by atoms with Crippen molar-refractivity contribution in [1.82, 2.24) is 4.90 Å². The minimum absolute atomic E-state index is 0.957. The number of aliphatic imine (C=N–C) groups is 1. The van der Waals surface area contributed by atoms with Gasteiger partial charge >= 0.3 is 0 Å². The van der Waals surface area contributed by atoms with Crippen LogP contribution in [-0.4, -0.2) is 38.9 Å². The molecule has 3 heteroatoms. The van der Waals surface area contributed by atoms with Crippen LogP contribution in [0.5, 0.6) is 0 Å². The van der Waals surface area contributed by atoms with Crippen LogP contribution in [-0.2, 0) is 6.42 Å². The number of aryl methyl sites for hydroxylation is 2. The smallest absolute Gasteiger partial charge is 0.0909 e. The van der Waals surface area contributed by atoms with E-state index in [-0.39, 0.29) is 0 Å². The first kappa shape index (κ1) is 18.1. The zero-order chi connectivity index (χ0) is 17.7. The summed E-state index contributed by atoms with van der Waals surface area (Å²) >= 11 is 0. The molecule has 128 valence electrons. The van der Waals surface area contributed by atoms with Gasteiger partial charge in [-0.2, -0.15) is 0 Å². The van der Waals surface area contributed by atoms with Gasteiger partial charge in [0, 0.05) is 33.4 Å². The summed E-state index contributed by atoms with van der Waals surface area (Å²) < 4.78 is 0. The Balaban J connectivity index is 2.25. The third-order valence-electron chi connectivity index (χ3n) is 4.39. The third-order valence-corrected chi connectivity index (χ3v) is 4.39. The number of hydrogen-bond donors (Lipinski definition) is 0. The summed E-state index contributed by atoms with van der Waals surface area (Å²) in [6, 6.07) is 13.1. The number of anilines is 1. The molecular formula is C21H29N3. The van der Waals surface area contributed by atoms with E-state index in [4.69, 9.17) is 0 Å². The number of nitrogens with zero attached hydrogens (tertiary/aromatic N) is 3. The molecule has 2 aromatic carbocycles. The Bertz CT molecular complexity index is 694. The maximum Gasteiger partial charge on any atom is 0.0909 e. The van der Waals surface area contributed by atoms with E-state index in [0.717, 1.165) is 18.7 Å². The molecule has 0 saturated heterocycles. The van der Waals surface area contributed by atoms with Crippen LogP contribution in [0.15, 0.2) is 41.4 Å². The molecule has 0 atom stereocenters. The van der Waals surface area contributed by atoms with Gasteiger partial charge in [0.1, 0.15) is 0 Å². The first-order chi connectivity index (χ1) is 11.4. The molecule has 3 nitrogen and oxygen atoms in total. The minimum Gasteiger partial charge on any atom is -0.378 e. The van der Waals surface area contributed by atoms with Gasteiger partial charge in [-0.25, -0.2) is 4.99 Å². The normalized spacial score (nSPS) is 11.1. The van der Waals surface area contributed by atoms with Crippen LogP contribution >= 0.6 is 0 Å². The fraction of sp³-hybridized carbons (Fsp3) is 0.381. The van der Waals surface area contributed by atoms with Crippen molar-refractivity contribution < 1.29 is 0 Å². The van der Waals surface area contributed by atoms with E-state index in [1.807, 2.05) is 13.4 Å². The molecule has 0 bridgehead atoms. The quantitative estimate of drug-likeness (QED) is 0.573. The second-order valence-electron chi connectivity index (χ2n) is 6.62. The third kappa shape index (κ3) is 4.60. The first-order valence-electron chi connectivity index (χ1n) is 8.51. The summed E-state index contributed by atoms with van der Waals surface area (Å²) in [4.78, 5) is 8.80. The summed E-state index contributed by atoms with van der Waals surface area (Å²) in [6.07, 6.45) is 2.85. The minimum atomic E-state index is 0.957. The van der Waals surface area contributed by atoms with Gasteiger partial charge in [-0.05, 0) is 73.7 Å². The average Bonchev–Trinajstić information content (AvgIpc) is 2.56. The molecule has 24 heavy (non-hydrogen) atoms. The van der Waals surface area contributed by atoms with Gasteiger partial charge in [-0.1, -0.05) is 12.1 Å². The van der Waals surface area contributed by atoms with Crippen LogP contribution in [0.3, 0.4) is 0 Å². The zero-order valence-corrected chi connectivity index (χ0v) is 15.8. The monoisotopic (exact) mass is 323 g/mol. The van der Waals surface area contributed by atoms with Crippen LogP contribution in [0.4, 0.5) is 11.4 Å². The van der Waals surface area contributed by atoms with Gasteiger partial charge in [0.2, 0.25) is 0 Å². The molecule has 0 amide bonds. The lowest BCUT2D eigenvalue weighted by atomic mass is 9.95. The molecule has 2 rings (SSSR count). The van der Waals surface area contributed by atoms with E-state index in [9.17, 15) is 0 Å². The highest BCUT2D eigenvalue weighted by Gasteiger charge is 2.07. The maximum absolute atomic E-state index is 4.58. The molecule has 0 heterocycles. The lowest BCUT2D eigenvalue weighted by Gasteiger charge is -2.15. The maximum atomic E-state index is 4.58. The van der Waals surface area contributed by atoms with Crippen LogP contribution in [0.25, 0.3) is 0 Å². The Hall–Kier alpha value is -2.29. The van der Waals surface area contributed by atoms with Gasteiger partial charge in [-0.3, -0.25) is 0 Å². The number of hydrogen-bond acceptors (Lipinski definition) is 2. The summed E-state index contributed by atoms with van der Waals surface area (Å²) in [6.45, 7) is 7.44. The molecule has 0 spiro atoms. The second-order valence-corrected chi connectivity index (χ2v) is 6.62. The Morgan fingerprint density at radius 1 is 1.00 bits per heavy atom. The predicted octanol–water partition coefficient (Wildman–Crippen LogP) is 4.57. The summed E-state index contributed by atoms with van der Waals surface area (Å²) in [5, 5.41) is 0. The van der Waals surface area contributed by atoms with E-state index < -0.39 is 0 Å². The largest absolute Gasteiger partial charge is 0.378 e. The average molecular weight is 323 g/mol. The fourth-order valence-electron chi connectivity index (χ4n) is 2.72. The van der Waals surface area contributed by atoms with Crippen LogP contribution in [0, 0.1) is 13.8 Å². The van der Waals surface area contributed by atoms with Crippen molar-refractivity contribution >= 4 is 17.7 Å². The summed E-state index contributed by atoms with van der Waals surface area (Å²) in [7, 11) is 6.20. The Morgan fingerprint density at radius 2 is 1.67 bits per heavy atom. The van der Waals surface area contributed by atoms with Crippen molar-refractivity contribution in [3.05, 3.63) is 58.7 Å². The lowest BCUT2D eigenvalue weighted by Crippen LogP contribution is -2.14. The standard InChI is InChI=1S/C21H29N3/c1-7-24(6)15-22-19-11-16(2)21(17(3)12-19)14-18-9-8-10-20(13-18)23(4)5/h8-13,15H,7,14H2,1-6H3. The van der Waals surface area contributed by atoms with Gasteiger partial charge in [0.05, 0.1) is 12.0 Å². The Morgan fingerprint density at radius 3 is 2.25 bits per heavy atom. The van der Waals surface area contributed by atoms with Crippen molar-refractivity contribution in [2.75, 3.05) is 32.6 Å². The highest BCUT2D eigenvalue weighted by atomic mass is 15.1. The zero-order valence-electron chi connectivity index (χ0n) is 15.8. The van der Waals surface area contributed by atoms with E-state index in [0.29, 0.717) is 0 Å². The van der Waals surface area contributed by atoms with Gasteiger partial charge in [-0.15, -0.1) is 0 Å². The fourth-order valence-corrected chi connectivity index (χ4v) is 2.72. The predicted molar refractivity (Wildman–Crippen MR) is 106 cm³/mol. The molecule has 0 unspecified atom stereocenters. The lowest BCUT2D eigenvalue weighted by molar-refractivity contribution is 0.552. The number of rotatable bonds is 6. The molecule has 0 radical (unpaired) electrons. The summed E-state index contributed by atoms with van der Waals surface area (Å²) in [5.74, 6) is 0. The Labute approximate surface area is 146 Å². The van der Waals surface area contributed by atoms with E-state index >= 15 is 0 Å². The molecule has 2 aromatic rings. The van der Waals surface area contributed by atoms with Crippen molar-refractivity contribution in [3.8, 4) is 0 Å². The van der Waals surface area contributed by atoms with Crippen molar-refractivity contribution in [2.45, 2.75) is 27.2 Å². The van der Waals surface area contributed by atoms with Crippen molar-refractivity contribution in [2.24, 2.45) is 4.99 Å². The Kier molecular flexibility index (Phi) is 6.02. The molecule has 0 aliphatic rings. The molecular weight excluding hydrogens is 294 g/mol. The second kappa shape index (κ2) is 8.00. The van der Waals surface area contributed by atoms with Gasteiger partial charge < -0.3 is 9.80 Å². The van der Waals surface area contributed by atoms with E-state index in [2.05, 4.69) is 86.1 Å². The SMILES string of the molecule is CCN(C)C=Nc1cc(C)c(Cc2cccc(N(C)C)c2)c(C)c1. The van der Waals surface area contributed by atoms with Crippen LogP contribution < -0.4 is 4.90 Å². The molecule has 0 aliphatic carbocycles. The topological polar surface area (TPSA) is 18.8 Å². The molecule has 0 saturated carbocycles. The van der Waals surface area contributed by atoms with Crippen LogP contribution in [0.2, 0.25) is 0 Å². The van der Waals surface area contributed by atoms with Crippen molar-refractivity contribution in [3.63, 3.8) is 0 Å². The molecule has 0 fully saturated rings. The van der Waals surface area contributed by atoms with Crippen LogP contribution in [0.1, 0.15) is 29.2 Å². The van der Waals surface area contributed by atoms with Crippen molar-refractivity contribution in [1.29, 1.82) is 0 Å². The van der Waals surface area contributed by atoms with Gasteiger partial charge in [0.15, 0.2) is 0 Å².